The smallest absolute Gasteiger partial charge is 0.240 e. The van der Waals surface area contributed by atoms with Crippen LogP contribution in [0.5, 0.6) is 0 Å². The number of nitrogens with one attached hydrogen (secondary N) is 2. The minimum absolute atomic E-state index is 0.0928. The van der Waals surface area contributed by atoms with Crippen LogP contribution in [0.3, 0.4) is 0 Å². The summed E-state index contributed by atoms with van der Waals surface area (Å²) in [7, 11) is -3.44. The summed E-state index contributed by atoms with van der Waals surface area (Å²) >= 11 is 0. The van der Waals surface area contributed by atoms with Gasteiger partial charge in [0.25, 0.3) is 0 Å². The molecule has 5 nitrogen and oxygen atoms in total. The maximum absolute atomic E-state index is 12.6. The zero-order chi connectivity index (χ0) is 19.1. The van der Waals surface area contributed by atoms with Crippen LogP contribution in [0.2, 0.25) is 0 Å². The Morgan fingerprint density at radius 2 is 1.52 bits per heavy atom. The lowest BCUT2D eigenvalue weighted by molar-refractivity contribution is -0.127. The van der Waals surface area contributed by atoms with Gasteiger partial charge in [-0.3, -0.25) is 4.79 Å². The van der Waals surface area contributed by atoms with Crippen LogP contribution in [0, 0.1) is 11.8 Å². The largest absolute Gasteiger partial charge is 0.353 e. The van der Waals surface area contributed by atoms with Crippen LogP contribution in [0.1, 0.15) is 64.2 Å². The third kappa shape index (κ3) is 6.04. The van der Waals surface area contributed by atoms with Gasteiger partial charge in [0.1, 0.15) is 0 Å². The third-order valence-electron chi connectivity index (χ3n) is 6.03. The van der Waals surface area contributed by atoms with Gasteiger partial charge in [-0.2, -0.15) is 0 Å². The van der Waals surface area contributed by atoms with Gasteiger partial charge in [0.15, 0.2) is 0 Å². The first-order valence-electron chi connectivity index (χ1n) is 10.4. The molecule has 0 aromatic heterocycles. The van der Waals surface area contributed by atoms with Gasteiger partial charge in [0.2, 0.25) is 15.9 Å². The lowest BCUT2D eigenvalue weighted by Crippen LogP contribution is -2.40. The number of hydrogen-bond donors (Lipinski definition) is 2. The molecule has 6 heteroatoms. The van der Waals surface area contributed by atoms with Crippen molar-refractivity contribution in [1.82, 2.24) is 10.0 Å². The topological polar surface area (TPSA) is 75.3 Å². The van der Waals surface area contributed by atoms with Gasteiger partial charge in [-0.1, -0.05) is 43.9 Å². The maximum Gasteiger partial charge on any atom is 0.240 e. The second kappa shape index (κ2) is 9.69. The molecule has 0 heterocycles. The van der Waals surface area contributed by atoms with E-state index in [1.807, 2.05) is 0 Å². The monoisotopic (exact) mass is 392 g/mol. The highest BCUT2D eigenvalue weighted by Gasteiger charge is 2.28. The van der Waals surface area contributed by atoms with E-state index in [1.165, 1.54) is 25.7 Å². The summed E-state index contributed by atoms with van der Waals surface area (Å²) in [6.45, 7) is 0.453. The SMILES string of the molecule is O=C(NC1CCCCCC1)C1CCC(CNS(=O)(=O)c2ccccc2)CC1. The minimum Gasteiger partial charge on any atom is -0.353 e. The summed E-state index contributed by atoms with van der Waals surface area (Å²) < 4.78 is 27.4. The quantitative estimate of drug-likeness (QED) is 0.726. The Hall–Kier alpha value is -1.40. The van der Waals surface area contributed by atoms with Gasteiger partial charge in [-0.25, -0.2) is 13.1 Å². The Labute approximate surface area is 163 Å². The van der Waals surface area contributed by atoms with E-state index in [4.69, 9.17) is 0 Å². The predicted molar refractivity (Wildman–Crippen MR) is 107 cm³/mol. The fourth-order valence-electron chi connectivity index (χ4n) is 4.28. The highest BCUT2D eigenvalue weighted by molar-refractivity contribution is 7.89. The standard InChI is InChI=1S/C21H32N2O3S/c24-21(23-19-8-4-1-2-5-9-19)18-14-12-17(13-15-18)16-22-27(25,26)20-10-6-3-7-11-20/h3,6-7,10-11,17-19,22H,1-2,4-5,8-9,12-16H2,(H,23,24). The molecular formula is C21H32N2O3S. The molecule has 2 aliphatic rings. The summed E-state index contributed by atoms with van der Waals surface area (Å²) in [4.78, 5) is 12.9. The molecule has 2 saturated carbocycles. The second-order valence-corrected chi connectivity index (χ2v) is 9.85. The number of benzene rings is 1. The molecule has 27 heavy (non-hydrogen) atoms. The molecule has 3 rings (SSSR count). The fraction of sp³-hybridized carbons (Fsp3) is 0.667. The molecule has 0 saturated heterocycles. The van der Waals surface area contributed by atoms with Crippen LogP contribution >= 0.6 is 0 Å². The first-order valence-corrected chi connectivity index (χ1v) is 11.9. The lowest BCUT2D eigenvalue weighted by atomic mass is 9.81. The van der Waals surface area contributed by atoms with Gasteiger partial charge in [-0.05, 0) is 56.6 Å². The van der Waals surface area contributed by atoms with E-state index < -0.39 is 10.0 Å². The average Bonchev–Trinajstić information content (AvgIpc) is 2.96. The van der Waals surface area contributed by atoms with Crippen LogP contribution in [-0.2, 0) is 14.8 Å². The van der Waals surface area contributed by atoms with E-state index in [9.17, 15) is 13.2 Å². The fourth-order valence-corrected chi connectivity index (χ4v) is 5.42. The molecule has 1 aromatic carbocycles. The first-order chi connectivity index (χ1) is 13.0. The molecule has 2 fully saturated rings. The Morgan fingerprint density at radius 1 is 0.889 bits per heavy atom. The molecular weight excluding hydrogens is 360 g/mol. The van der Waals surface area contributed by atoms with E-state index in [0.717, 1.165) is 38.5 Å². The number of sulfonamides is 1. The molecule has 150 valence electrons. The Bertz CT molecular complexity index is 689. The lowest BCUT2D eigenvalue weighted by Gasteiger charge is -2.29. The summed E-state index contributed by atoms with van der Waals surface area (Å²) in [5.41, 5.74) is 0. The highest BCUT2D eigenvalue weighted by Crippen LogP contribution is 2.29. The Morgan fingerprint density at radius 3 is 2.15 bits per heavy atom. The van der Waals surface area contributed by atoms with Crippen LogP contribution in [0.15, 0.2) is 35.2 Å². The second-order valence-electron chi connectivity index (χ2n) is 8.08. The van der Waals surface area contributed by atoms with Gasteiger partial charge < -0.3 is 5.32 Å². The van der Waals surface area contributed by atoms with E-state index >= 15 is 0 Å². The first kappa shape index (κ1) is 20.3. The molecule has 0 bridgehead atoms. The number of amides is 1. The molecule has 0 radical (unpaired) electrons. The Kier molecular flexibility index (Phi) is 7.30. The summed E-state index contributed by atoms with van der Waals surface area (Å²) in [6.07, 6.45) is 10.8. The van der Waals surface area contributed by atoms with E-state index in [-0.39, 0.29) is 11.8 Å². The van der Waals surface area contributed by atoms with Crippen molar-refractivity contribution in [3.63, 3.8) is 0 Å². The molecule has 2 N–H and O–H groups in total. The highest BCUT2D eigenvalue weighted by atomic mass is 32.2. The third-order valence-corrected chi connectivity index (χ3v) is 7.47. The van der Waals surface area contributed by atoms with Crippen LogP contribution in [0.25, 0.3) is 0 Å². The summed E-state index contributed by atoms with van der Waals surface area (Å²) in [5.74, 6) is 0.617. The van der Waals surface area contributed by atoms with Crippen LogP contribution < -0.4 is 10.0 Å². The normalized spacial score (nSPS) is 24.9. The number of rotatable bonds is 6. The number of carbonyl (C=O) groups excluding carboxylic acids is 1. The van der Waals surface area contributed by atoms with Gasteiger partial charge in [0.05, 0.1) is 4.90 Å². The molecule has 0 aliphatic heterocycles. The van der Waals surface area contributed by atoms with E-state index in [0.29, 0.717) is 23.4 Å². The summed E-state index contributed by atoms with van der Waals surface area (Å²) in [6, 6.07) is 8.84. The van der Waals surface area contributed by atoms with Crippen molar-refractivity contribution >= 4 is 15.9 Å². The molecule has 0 atom stereocenters. The van der Waals surface area contributed by atoms with Crippen molar-refractivity contribution in [2.45, 2.75) is 75.1 Å². The molecule has 1 aromatic rings. The number of carbonyl (C=O) groups is 1. The van der Waals surface area contributed by atoms with Gasteiger partial charge >= 0.3 is 0 Å². The van der Waals surface area contributed by atoms with E-state index in [1.54, 1.807) is 30.3 Å². The van der Waals surface area contributed by atoms with Gasteiger partial charge in [-0.15, -0.1) is 0 Å². The van der Waals surface area contributed by atoms with Crippen molar-refractivity contribution in [2.75, 3.05) is 6.54 Å². The van der Waals surface area contributed by atoms with E-state index in [2.05, 4.69) is 10.0 Å². The van der Waals surface area contributed by atoms with Gasteiger partial charge in [0, 0.05) is 18.5 Å². The van der Waals surface area contributed by atoms with Crippen LogP contribution in [0.4, 0.5) is 0 Å². The molecule has 1 amide bonds. The summed E-state index contributed by atoms with van der Waals surface area (Å²) in [5, 5.41) is 3.27. The van der Waals surface area contributed by atoms with Crippen molar-refractivity contribution in [3.05, 3.63) is 30.3 Å². The zero-order valence-corrected chi connectivity index (χ0v) is 16.8. The molecule has 0 spiro atoms. The maximum atomic E-state index is 12.6. The Balaban J connectivity index is 1.41. The van der Waals surface area contributed by atoms with Crippen molar-refractivity contribution in [3.8, 4) is 0 Å². The van der Waals surface area contributed by atoms with Crippen molar-refractivity contribution < 1.29 is 13.2 Å². The average molecular weight is 393 g/mol. The zero-order valence-electron chi connectivity index (χ0n) is 16.0. The minimum atomic E-state index is -3.44. The van der Waals surface area contributed by atoms with Crippen LogP contribution in [-0.4, -0.2) is 26.9 Å². The van der Waals surface area contributed by atoms with Crippen molar-refractivity contribution in [2.24, 2.45) is 11.8 Å². The predicted octanol–water partition coefficient (Wildman–Crippen LogP) is 3.61. The van der Waals surface area contributed by atoms with Crippen molar-refractivity contribution in [1.29, 1.82) is 0 Å². The number of hydrogen-bond acceptors (Lipinski definition) is 3. The molecule has 0 unspecified atom stereocenters. The molecule has 2 aliphatic carbocycles.